The number of nitrogens with one attached hydrogen (secondary N) is 1. The van der Waals surface area contributed by atoms with Crippen LogP contribution in [0.2, 0.25) is 0 Å². The lowest BCUT2D eigenvalue weighted by atomic mass is 9.81. The lowest BCUT2D eigenvalue weighted by molar-refractivity contribution is -0.146. The lowest BCUT2D eigenvalue weighted by Gasteiger charge is -2.37. The van der Waals surface area contributed by atoms with Crippen molar-refractivity contribution >= 4 is 17.7 Å². The second-order valence-corrected chi connectivity index (χ2v) is 6.31. The summed E-state index contributed by atoms with van der Waals surface area (Å²) in [6, 6.07) is 3.85. The maximum atomic E-state index is 11.6. The van der Waals surface area contributed by atoms with Gasteiger partial charge in [0, 0.05) is 5.25 Å². The van der Waals surface area contributed by atoms with E-state index in [-0.39, 0.29) is 0 Å². The van der Waals surface area contributed by atoms with E-state index in [0.29, 0.717) is 18.2 Å². The third kappa shape index (κ3) is 3.54. The van der Waals surface area contributed by atoms with E-state index in [4.69, 9.17) is 4.42 Å². The number of thioether (sulfide) groups is 1. The molecular formula is C14H21NO3S. The summed E-state index contributed by atoms with van der Waals surface area (Å²) in [5.74, 6) is 1.07. The van der Waals surface area contributed by atoms with Crippen LogP contribution in [0.4, 0.5) is 0 Å². The van der Waals surface area contributed by atoms with Gasteiger partial charge in [-0.3, -0.25) is 4.79 Å². The van der Waals surface area contributed by atoms with Crippen molar-refractivity contribution in [2.45, 2.75) is 49.1 Å². The molecule has 19 heavy (non-hydrogen) atoms. The first kappa shape index (κ1) is 14.5. The monoisotopic (exact) mass is 283 g/mol. The second kappa shape index (κ2) is 6.48. The van der Waals surface area contributed by atoms with Crippen molar-refractivity contribution in [3.05, 3.63) is 24.2 Å². The molecule has 5 heteroatoms. The van der Waals surface area contributed by atoms with E-state index in [1.807, 2.05) is 19.1 Å². The molecule has 1 fully saturated rings. The summed E-state index contributed by atoms with van der Waals surface area (Å²) in [5, 5.41) is 13.1. The van der Waals surface area contributed by atoms with Crippen LogP contribution in [0.5, 0.6) is 0 Å². The minimum Gasteiger partial charge on any atom is -0.480 e. The molecule has 0 radical (unpaired) electrons. The zero-order chi connectivity index (χ0) is 13.7. The fraction of sp³-hybridized carbons (Fsp3) is 0.643. The zero-order valence-electron chi connectivity index (χ0n) is 11.2. The SMILES string of the molecule is CCNC1(C(=O)O)CCCC(SCc2ccco2)C1. The topological polar surface area (TPSA) is 62.5 Å². The van der Waals surface area contributed by atoms with Gasteiger partial charge in [0.2, 0.25) is 0 Å². The smallest absolute Gasteiger partial charge is 0.323 e. The molecule has 1 aromatic rings. The highest BCUT2D eigenvalue weighted by Crippen LogP contribution is 2.36. The quantitative estimate of drug-likeness (QED) is 0.840. The molecule has 1 aliphatic rings. The Hall–Kier alpha value is -0.940. The van der Waals surface area contributed by atoms with Gasteiger partial charge in [-0.2, -0.15) is 11.8 Å². The number of carboxylic acids is 1. The van der Waals surface area contributed by atoms with Crippen molar-refractivity contribution in [1.82, 2.24) is 5.32 Å². The number of furan rings is 1. The van der Waals surface area contributed by atoms with Crippen LogP contribution in [0.1, 0.15) is 38.4 Å². The molecule has 2 rings (SSSR count). The third-order valence-electron chi connectivity index (χ3n) is 3.67. The normalized spacial score (nSPS) is 27.3. The van der Waals surface area contributed by atoms with Gasteiger partial charge in [-0.15, -0.1) is 0 Å². The Morgan fingerprint density at radius 1 is 1.68 bits per heavy atom. The van der Waals surface area contributed by atoms with Crippen LogP contribution >= 0.6 is 11.8 Å². The van der Waals surface area contributed by atoms with Crippen LogP contribution < -0.4 is 5.32 Å². The first-order valence-corrected chi connectivity index (χ1v) is 7.83. The van der Waals surface area contributed by atoms with Gasteiger partial charge >= 0.3 is 5.97 Å². The fourth-order valence-corrected chi connectivity index (χ4v) is 4.03. The van der Waals surface area contributed by atoms with Crippen LogP contribution in [-0.4, -0.2) is 28.4 Å². The van der Waals surface area contributed by atoms with Gasteiger partial charge < -0.3 is 14.8 Å². The maximum Gasteiger partial charge on any atom is 0.323 e. The molecule has 0 saturated heterocycles. The highest BCUT2D eigenvalue weighted by Gasteiger charge is 2.42. The molecule has 4 nitrogen and oxygen atoms in total. The molecule has 1 saturated carbocycles. The van der Waals surface area contributed by atoms with Crippen LogP contribution in [0.3, 0.4) is 0 Å². The number of aliphatic carboxylic acids is 1. The maximum absolute atomic E-state index is 11.6. The number of likely N-dealkylation sites (N-methyl/N-ethyl adjacent to an activating group) is 1. The van der Waals surface area contributed by atoms with Crippen LogP contribution in [0.25, 0.3) is 0 Å². The van der Waals surface area contributed by atoms with E-state index in [2.05, 4.69) is 5.32 Å². The Kier molecular flexibility index (Phi) is 4.93. The predicted octanol–water partition coefficient (Wildman–Crippen LogP) is 2.89. The zero-order valence-corrected chi connectivity index (χ0v) is 12.0. The average molecular weight is 283 g/mol. The molecule has 1 heterocycles. The van der Waals surface area contributed by atoms with Crippen LogP contribution in [0, 0.1) is 0 Å². The largest absolute Gasteiger partial charge is 0.480 e. The van der Waals surface area contributed by atoms with Gasteiger partial charge in [0.05, 0.1) is 12.0 Å². The number of carboxylic acid groups (broad SMARTS) is 1. The van der Waals surface area contributed by atoms with Crippen molar-refractivity contribution in [3.8, 4) is 0 Å². The van der Waals surface area contributed by atoms with E-state index in [1.54, 1.807) is 18.0 Å². The molecule has 0 aliphatic heterocycles. The average Bonchev–Trinajstić information content (AvgIpc) is 2.90. The van der Waals surface area contributed by atoms with E-state index in [0.717, 1.165) is 30.8 Å². The molecule has 106 valence electrons. The Balaban J connectivity index is 1.93. The molecule has 0 spiro atoms. The molecule has 1 aromatic heterocycles. The van der Waals surface area contributed by atoms with Crippen molar-refractivity contribution in [2.24, 2.45) is 0 Å². The summed E-state index contributed by atoms with van der Waals surface area (Å²) < 4.78 is 5.32. The summed E-state index contributed by atoms with van der Waals surface area (Å²) in [6.07, 6.45) is 5.16. The van der Waals surface area contributed by atoms with Crippen LogP contribution in [-0.2, 0) is 10.5 Å². The van der Waals surface area contributed by atoms with E-state index in [9.17, 15) is 9.90 Å². The summed E-state index contributed by atoms with van der Waals surface area (Å²) in [7, 11) is 0. The van der Waals surface area contributed by atoms with Crippen LogP contribution in [0.15, 0.2) is 22.8 Å². The van der Waals surface area contributed by atoms with E-state index >= 15 is 0 Å². The first-order chi connectivity index (χ1) is 9.16. The van der Waals surface area contributed by atoms with Crippen molar-refractivity contribution in [1.29, 1.82) is 0 Å². The molecular weight excluding hydrogens is 262 g/mol. The Morgan fingerprint density at radius 3 is 3.16 bits per heavy atom. The molecule has 0 bridgehead atoms. The van der Waals surface area contributed by atoms with Gasteiger partial charge in [-0.05, 0) is 44.4 Å². The lowest BCUT2D eigenvalue weighted by Crippen LogP contribution is -2.55. The standard InChI is InChI=1S/C14H21NO3S/c1-2-15-14(13(16)17)7-3-6-12(9-14)19-10-11-5-4-8-18-11/h4-5,8,12,15H,2-3,6-7,9-10H2,1H3,(H,16,17). The summed E-state index contributed by atoms with van der Waals surface area (Å²) >= 11 is 1.80. The summed E-state index contributed by atoms with van der Waals surface area (Å²) in [6.45, 7) is 2.66. The van der Waals surface area contributed by atoms with E-state index in [1.165, 1.54) is 0 Å². The van der Waals surface area contributed by atoms with E-state index < -0.39 is 11.5 Å². The Bertz CT molecular complexity index is 403. The van der Waals surface area contributed by atoms with Crippen molar-refractivity contribution in [3.63, 3.8) is 0 Å². The van der Waals surface area contributed by atoms with Crippen molar-refractivity contribution in [2.75, 3.05) is 6.54 Å². The fourth-order valence-electron chi connectivity index (χ4n) is 2.73. The summed E-state index contributed by atoms with van der Waals surface area (Å²) in [4.78, 5) is 11.6. The van der Waals surface area contributed by atoms with Gasteiger partial charge in [0.15, 0.2) is 0 Å². The highest BCUT2D eigenvalue weighted by atomic mass is 32.2. The number of hydrogen-bond donors (Lipinski definition) is 2. The summed E-state index contributed by atoms with van der Waals surface area (Å²) in [5.41, 5.74) is -0.728. The molecule has 2 N–H and O–H groups in total. The van der Waals surface area contributed by atoms with Gasteiger partial charge in [-0.1, -0.05) is 6.92 Å². The van der Waals surface area contributed by atoms with Crippen molar-refractivity contribution < 1.29 is 14.3 Å². The Morgan fingerprint density at radius 2 is 2.53 bits per heavy atom. The Labute approximate surface area is 117 Å². The molecule has 0 amide bonds. The minimum atomic E-state index is -0.728. The highest BCUT2D eigenvalue weighted by molar-refractivity contribution is 7.99. The minimum absolute atomic E-state index is 0.383. The predicted molar refractivity (Wildman–Crippen MR) is 76.3 cm³/mol. The number of hydrogen-bond acceptors (Lipinski definition) is 4. The third-order valence-corrected chi connectivity index (χ3v) is 5.00. The number of rotatable bonds is 6. The van der Waals surface area contributed by atoms with Gasteiger partial charge in [-0.25, -0.2) is 0 Å². The number of carbonyl (C=O) groups is 1. The second-order valence-electron chi connectivity index (χ2n) is 5.03. The van der Waals surface area contributed by atoms with Gasteiger partial charge in [0.25, 0.3) is 0 Å². The molecule has 2 atom stereocenters. The first-order valence-electron chi connectivity index (χ1n) is 6.79. The molecule has 2 unspecified atom stereocenters. The van der Waals surface area contributed by atoms with Gasteiger partial charge in [0.1, 0.15) is 11.3 Å². The molecule has 0 aromatic carbocycles. The molecule has 1 aliphatic carbocycles.